The lowest BCUT2D eigenvalue weighted by Crippen LogP contribution is -2.18. The predicted octanol–water partition coefficient (Wildman–Crippen LogP) is 9.03. The van der Waals surface area contributed by atoms with Crippen LogP contribution in [0.1, 0.15) is 131 Å². The predicted molar refractivity (Wildman–Crippen MR) is 113 cm³/mol. The summed E-state index contributed by atoms with van der Waals surface area (Å²) in [5, 5.41) is 0. The van der Waals surface area contributed by atoms with Crippen molar-refractivity contribution in [3.05, 3.63) is 0 Å². The highest BCUT2D eigenvalue weighted by Gasteiger charge is 2.21. The highest BCUT2D eigenvalue weighted by Crippen LogP contribution is 2.32. The number of hydrogen-bond donors (Lipinski definition) is 0. The lowest BCUT2D eigenvalue weighted by atomic mass is 9.77. The number of unbranched alkanes of at least 4 members (excludes halogenated alkanes) is 7. The highest BCUT2D eigenvalue weighted by atomic mass is 14.3. The monoisotopic (exact) mass is 338 g/mol. The van der Waals surface area contributed by atoms with E-state index in [1.807, 2.05) is 0 Å². The van der Waals surface area contributed by atoms with Gasteiger partial charge in [-0.25, -0.2) is 0 Å². The fourth-order valence-electron chi connectivity index (χ4n) is 4.38. The molecule has 0 saturated carbocycles. The summed E-state index contributed by atoms with van der Waals surface area (Å²) in [4.78, 5) is 0. The van der Waals surface area contributed by atoms with Gasteiger partial charge in [-0.15, -0.1) is 0 Å². The molecule has 0 aliphatic heterocycles. The molecular formula is C24H50. The van der Waals surface area contributed by atoms with Crippen LogP contribution in [-0.2, 0) is 0 Å². The van der Waals surface area contributed by atoms with E-state index in [9.17, 15) is 0 Å². The Bertz CT molecular complexity index is 244. The molecule has 0 rings (SSSR count). The first-order valence-corrected chi connectivity index (χ1v) is 11.6. The van der Waals surface area contributed by atoms with Crippen molar-refractivity contribution >= 4 is 0 Å². The van der Waals surface area contributed by atoms with Crippen LogP contribution in [0, 0.1) is 23.7 Å². The van der Waals surface area contributed by atoms with Crippen molar-refractivity contribution in [3.8, 4) is 0 Å². The maximum Gasteiger partial charge on any atom is -0.0388 e. The van der Waals surface area contributed by atoms with Gasteiger partial charge in [0.15, 0.2) is 0 Å². The molecule has 0 aromatic heterocycles. The molecule has 0 N–H and O–H groups in total. The van der Waals surface area contributed by atoms with E-state index in [2.05, 4.69) is 41.5 Å². The molecule has 0 heteroatoms. The molecule has 4 unspecified atom stereocenters. The summed E-state index contributed by atoms with van der Waals surface area (Å²) in [5.74, 6) is 3.70. The van der Waals surface area contributed by atoms with Crippen LogP contribution in [0.4, 0.5) is 0 Å². The van der Waals surface area contributed by atoms with Gasteiger partial charge in [0, 0.05) is 0 Å². The molecule has 146 valence electrons. The van der Waals surface area contributed by atoms with Gasteiger partial charge in [-0.1, -0.05) is 125 Å². The van der Waals surface area contributed by atoms with E-state index in [0.717, 1.165) is 23.7 Å². The average Bonchev–Trinajstić information content (AvgIpc) is 2.56. The topological polar surface area (TPSA) is 0 Å². The molecule has 24 heavy (non-hydrogen) atoms. The quantitative estimate of drug-likeness (QED) is 0.232. The summed E-state index contributed by atoms with van der Waals surface area (Å²) in [5.41, 5.74) is 0. The Morgan fingerprint density at radius 2 is 1.00 bits per heavy atom. The van der Waals surface area contributed by atoms with Gasteiger partial charge in [-0.3, -0.25) is 0 Å². The lowest BCUT2D eigenvalue weighted by molar-refractivity contribution is 0.222. The minimum atomic E-state index is 0.901. The highest BCUT2D eigenvalue weighted by molar-refractivity contribution is 4.72. The van der Waals surface area contributed by atoms with Crippen LogP contribution in [0.2, 0.25) is 0 Å². The van der Waals surface area contributed by atoms with E-state index in [0.29, 0.717) is 0 Å². The van der Waals surface area contributed by atoms with Crippen LogP contribution in [0.15, 0.2) is 0 Å². The molecule has 0 fully saturated rings. The van der Waals surface area contributed by atoms with Gasteiger partial charge in [0.1, 0.15) is 0 Å². The van der Waals surface area contributed by atoms with Crippen molar-refractivity contribution in [1.29, 1.82) is 0 Å². The van der Waals surface area contributed by atoms with E-state index >= 15 is 0 Å². The maximum absolute atomic E-state index is 2.54. The van der Waals surface area contributed by atoms with Crippen molar-refractivity contribution in [2.75, 3.05) is 0 Å². The molecule has 0 nitrogen and oxygen atoms in total. The number of hydrogen-bond acceptors (Lipinski definition) is 0. The second-order valence-electron chi connectivity index (χ2n) is 8.77. The van der Waals surface area contributed by atoms with Crippen molar-refractivity contribution in [3.63, 3.8) is 0 Å². The van der Waals surface area contributed by atoms with Crippen LogP contribution in [-0.4, -0.2) is 0 Å². The van der Waals surface area contributed by atoms with Crippen LogP contribution in [0.25, 0.3) is 0 Å². The average molecular weight is 339 g/mol. The second kappa shape index (κ2) is 16.5. The van der Waals surface area contributed by atoms with E-state index in [1.54, 1.807) is 0 Å². The van der Waals surface area contributed by atoms with Crippen molar-refractivity contribution in [2.24, 2.45) is 23.7 Å². The van der Waals surface area contributed by atoms with Gasteiger partial charge in [0.2, 0.25) is 0 Å². The minimum Gasteiger partial charge on any atom is -0.0654 e. The van der Waals surface area contributed by atoms with Gasteiger partial charge in [-0.05, 0) is 30.1 Å². The molecule has 0 radical (unpaired) electrons. The molecule has 0 heterocycles. The Balaban J connectivity index is 3.97. The third-order valence-corrected chi connectivity index (χ3v) is 6.35. The molecule has 0 bridgehead atoms. The minimum absolute atomic E-state index is 0.901. The number of rotatable bonds is 17. The molecular weight excluding hydrogens is 288 g/mol. The van der Waals surface area contributed by atoms with Crippen molar-refractivity contribution < 1.29 is 0 Å². The molecule has 0 spiro atoms. The van der Waals surface area contributed by atoms with Crippen LogP contribution < -0.4 is 0 Å². The Labute approximate surface area is 155 Å². The first-order valence-electron chi connectivity index (χ1n) is 11.6. The molecule has 0 saturated heterocycles. The zero-order valence-electron chi connectivity index (χ0n) is 18.2. The third-order valence-electron chi connectivity index (χ3n) is 6.35. The third kappa shape index (κ3) is 12.4. The molecule has 0 aromatic carbocycles. The Morgan fingerprint density at radius 1 is 0.458 bits per heavy atom. The fraction of sp³-hybridized carbons (Fsp3) is 1.00. The van der Waals surface area contributed by atoms with Gasteiger partial charge < -0.3 is 0 Å². The van der Waals surface area contributed by atoms with Crippen molar-refractivity contribution in [1.82, 2.24) is 0 Å². The van der Waals surface area contributed by atoms with Gasteiger partial charge in [0.05, 0.1) is 0 Å². The molecule has 0 aromatic rings. The molecule has 0 aliphatic rings. The Hall–Kier alpha value is 0. The Kier molecular flexibility index (Phi) is 16.5. The van der Waals surface area contributed by atoms with Crippen LogP contribution in [0.5, 0.6) is 0 Å². The summed E-state index contributed by atoms with van der Waals surface area (Å²) in [6.07, 6.45) is 20.1. The van der Waals surface area contributed by atoms with E-state index in [1.165, 1.54) is 89.9 Å². The van der Waals surface area contributed by atoms with Crippen LogP contribution >= 0.6 is 0 Å². The fourth-order valence-corrected chi connectivity index (χ4v) is 4.38. The largest absolute Gasteiger partial charge is 0.0654 e. The van der Waals surface area contributed by atoms with Crippen LogP contribution in [0.3, 0.4) is 0 Å². The Morgan fingerprint density at radius 3 is 1.54 bits per heavy atom. The lowest BCUT2D eigenvalue weighted by Gasteiger charge is -2.29. The summed E-state index contributed by atoms with van der Waals surface area (Å²) in [6.45, 7) is 14.5. The summed E-state index contributed by atoms with van der Waals surface area (Å²) in [6, 6.07) is 0. The van der Waals surface area contributed by atoms with Gasteiger partial charge >= 0.3 is 0 Å². The first kappa shape index (κ1) is 24.0. The summed E-state index contributed by atoms with van der Waals surface area (Å²) < 4.78 is 0. The standard InChI is InChI=1S/C24H50/c1-7-10-11-12-13-14-15-16-19-24(18-9-3)23(6)20-22(5)21(4)17-8-2/h21-24H,7-20H2,1-6H3. The molecule has 0 amide bonds. The first-order chi connectivity index (χ1) is 11.6. The van der Waals surface area contributed by atoms with E-state index < -0.39 is 0 Å². The summed E-state index contributed by atoms with van der Waals surface area (Å²) in [7, 11) is 0. The van der Waals surface area contributed by atoms with E-state index in [-0.39, 0.29) is 0 Å². The van der Waals surface area contributed by atoms with E-state index in [4.69, 9.17) is 0 Å². The maximum atomic E-state index is 2.54. The molecule has 4 atom stereocenters. The smallest absolute Gasteiger partial charge is 0.0388 e. The van der Waals surface area contributed by atoms with Gasteiger partial charge in [0.25, 0.3) is 0 Å². The normalized spacial score (nSPS) is 16.8. The van der Waals surface area contributed by atoms with Crippen molar-refractivity contribution in [2.45, 2.75) is 131 Å². The zero-order valence-corrected chi connectivity index (χ0v) is 18.2. The second-order valence-corrected chi connectivity index (χ2v) is 8.77. The summed E-state index contributed by atoms with van der Waals surface area (Å²) >= 11 is 0. The SMILES string of the molecule is CCCCCCCCCCC(CCC)C(C)CC(C)C(C)CCC. The zero-order chi connectivity index (χ0) is 18.2. The van der Waals surface area contributed by atoms with Gasteiger partial charge in [-0.2, -0.15) is 0 Å². The molecule has 0 aliphatic carbocycles.